The van der Waals surface area contributed by atoms with E-state index in [0.717, 1.165) is 25.6 Å². The van der Waals surface area contributed by atoms with Gasteiger partial charge < -0.3 is 10.6 Å². The Balaban J connectivity index is 0.00000576. The van der Waals surface area contributed by atoms with Gasteiger partial charge in [-0.05, 0) is 56.9 Å². The van der Waals surface area contributed by atoms with Crippen molar-refractivity contribution in [3.05, 3.63) is 35.4 Å². The van der Waals surface area contributed by atoms with E-state index in [0.29, 0.717) is 6.04 Å². The molecule has 1 aromatic rings. The van der Waals surface area contributed by atoms with Crippen molar-refractivity contribution >= 4 is 41.7 Å². The van der Waals surface area contributed by atoms with Crippen LogP contribution in [0.5, 0.6) is 0 Å². The molecule has 0 aliphatic heterocycles. The van der Waals surface area contributed by atoms with E-state index in [-0.39, 0.29) is 24.0 Å². The average Bonchev–Trinajstić information content (AvgIpc) is 2.58. The minimum absolute atomic E-state index is 0. The highest BCUT2D eigenvalue weighted by atomic mass is 127. The zero-order chi connectivity index (χ0) is 17.8. The number of guanidine groups is 1. The number of nitrogens with zero attached hydrogens (tertiary/aromatic N) is 2. The second kappa shape index (κ2) is 14.7. The van der Waals surface area contributed by atoms with Crippen molar-refractivity contribution in [2.24, 2.45) is 4.99 Å². The van der Waals surface area contributed by atoms with Gasteiger partial charge in [0.2, 0.25) is 0 Å². The highest BCUT2D eigenvalue weighted by Gasteiger charge is 2.08. The Bertz CT molecular complexity index is 494. The average molecular weight is 478 g/mol. The molecular formula is C19H35IN4S. The minimum atomic E-state index is 0. The van der Waals surface area contributed by atoms with Gasteiger partial charge in [-0.15, -0.1) is 24.0 Å². The fourth-order valence-electron chi connectivity index (χ4n) is 2.31. The monoisotopic (exact) mass is 478 g/mol. The first-order chi connectivity index (χ1) is 11.6. The van der Waals surface area contributed by atoms with Gasteiger partial charge >= 0.3 is 0 Å². The topological polar surface area (TPSA) is 39.7 Å². The molecule has 25 heavy (non-hydrogen) atoms. The van der Waals surface area contributed by atoms with Crippen molar-refractivity contribution in [1.29, 1.82) is 0 Å². The third-order valence-electron chi connectivity index (χ3n) is 4.16. The number of unbranched alkanes of at least 4 members (excludes halogenated alkanes) is 1. The van der Waals surface area contributed by atoms with Crippen LogP contribution in [0.2, 0.25) is 0 Å². The van der Waals surface area contributed by atoms with Crippen LogP contribution in [0.1, 0.15) is 37.8 Å². The number of halogens is 1. The molecule has 1 aromatic carbocycles. The SMILES string of the molecule is CN=C(NCCCCSC)NCc1ccccc1CN(C)C(C)C.I. The van der Waals surface area contributed by atoms with E-state index in [2.05, 4.69) is 71.9 Å². The lowest BCUT2D eigenvalue weighted by Gasteiger charge is -2.23. The maximum absolute atomic E-state index is 4.32. The summed E-state index contributed by atoms with van der Waals surface area (Å²) >= 11 is 1.90. The smallest absolute Gasteiger partial charge is 0.191 e. The molecule has 0 heterocycles. The number of thioether (sulfide) groups is 1. The molecule has 0 aromatic heterocycles. The molecule has 1 rings (SSSR count). The predicted octanol–water partition coefficient (Wildman–Crippen LogP) is 3.95. The molecule has 0 atom stereocenters. The third-order valence-corrected chi connectivity index (χ3v) is 4.85. The van der Waals surface area contributed by atoms with Crippen LogP contribution in [0.3, 0.4) is 0 Å². The van der Waals surface area contributed by atoms with Crippen LogP contribution >= 0.6 is 35.7 Å². The quantitative estimate of drug-likeness (QED) is 0.231. The Hall–Kier alpha value is -0.470. The molecule has 4 nitrogen and oxygen atoms in total. The van der Waals surface area contributed by atoms with Crippen molar-refractivity contribution in [3.63, 3.8) is 0 Å². The Labute approximate surface area is 175 Å². The van der Waals surface area contributed by atoms with Gasteiger partial charge in [0.15, 0.2) is 5.96 Å². The first-order valence-corrected chi connectivity index (χ1v) is 10.2. The van der Waals surface area contributed by atoms with Gasteiger partial charge in [-0.25, -0.2) is 0 Å². The Morgan fingerprint density at radius 3 is 2.44 bits per heavy atom. The maximum atomic E-state index is 4.32. The first-order valence-electron chi connectivity index (χ1n) is 8.79. The van der Waals surface area contributed by atoms with E-state index in [4.69, 9.17) is 0 Å². The summed E-state index contributed by atoms with van der Waals surface area (Å²) in [7, 11) is 4.00. The first kappa shape index (κ1) is 24.5. The molecule has 0 aliphatic rings. The summed E-state index contributed by atoms with van der Waals surface area (Å²) in [6, 6.07) is 9.18. The zero-order valence-electron chi connectivity index (χ0n) is 16.3. The maximum Gasteiger partial charge on any atom is 0.191 e. The van der Waals surface area contributed by atoms with Crippen molar-refractivity contribution < 1.29 is 0 Å². The predicted molar refractivity (Wildman–Crippen MR) is 124 cm³/mol. The fraction of sp³-hybridized carbons (Fsp3) is 0.632. The Kier molecular flexibility index (Phi) is 14.4. The largest absolute Gasteiger partial charge is 0.356 e. The molecular weight excluding hydrogens is 443 g/mol. The summed E-state index contributed by atoms with van der Waals surface area (Å²) < 4.78 is 0. The second-order valence-electron chi connectivity index (χ2n) is 6.33. The highest BCUT2D eigenvalue weighted by Crippen LogP contribution is 2.12. The molecule has 0 unspecified atom stereocenters. The number of nitrogens with one attached hydrogen (secondary N) is 2. The summed E-state index contributed by atoms with van der Waals surface area (Å²) in [4.78, 5) is 6.68. The zero-order valence-corrected chi connectivity index (χ0v) is 19.5. The van der Waals surface area contributed by atoms with E-state index >= 15 is 0 Å². The highest BCUT2D eigenvalue weighted by molar-refractivity contribution is 14.0. The van der Waals surface area contributed by atoms with Gasteiger partial charge in [-0.1, -0.05) is 24.3 Å². The fourth-order valence-corrected chi connectivity index (χ4v) is 2.81. The molecule has 6 heteroatoms. The van der Waals surface area contributed by atoms with Crippen molar-refractivity contribution in [2.75, 3.05) is 32.6 Å². The van der Waals surface area contributed by atoms with Crippen LogP contribution < -0.4 is 10.6 Å². The standard InChI is InChI=1S/C19H34N4S.HI/c1-16(2)23(4)15-18-11-7-6-10-17(18)14-22-19(20-3)21-12-8-9-13-24-5;/h6-7,10-11,16H,8-9,12-15H2,1-5H3,(H2,20,21,22);1H. The van der Waals surface area contributed by atoms with Crippen LogP contribution in [-0.2, 0) is 13.1 Å². The van der Waals surface area contributed by atoms with Gasteiger partial charge in [0, 0.05) is 32.7 Å². The van der Waals surface area contributed by atoms with Gasteiger partial charge in [0.1, 0.15) is 0 Å². The summed E-state index contributed by atoms with van der Waals surface area (Å²) in [5.74, 6) is 2.11. The van der Waals surface area contributed by atoms with Crippen LogP contribution in [0.15, 0.2) is 29.3 Å². The Morgan fingerprint density at radius 2 is 1.84 bits per heavy atom. The normalized spacial score (nSPS) is 11.6. The van der Waals surface area contributed by atoms with Crippen LogP contribution in [0.25, 0.3) is 0 Å². The molecule has 0 aliphatic carbocycles. The Morgan fingerprint density at radius 1 is 1.16 bits per heavy atom. The second-order valence-corrected chi connectivity index (χ2v) is 7.32. The van der Waals surface area contributed by atoms with Crippen LogP contribution in [0.4, 0.5) is 0 Å². The molecule has 2 N–H and O–H groups in total. The summed E-state index contributed by atoms with van der Waals surface area (Å²) in [5, 5.41) is 6.83. The van der Waals surface area contributed by atoms with E-state index in [1.54, 1.807) is 0 Å². The van der Waals surface area contributed by atoms with Crippen molar-refractivity contribution in [3.8, 4) is 0 Å². The lowest BCUT2D eigenvalue weighted by Crippen LogP contribution is -2.37. The molecule has 0 bridgehead atoms. The van der Waals surface area contributed by atoms with Gasteiger partial charge in [-0.2, -0.15) is 11.8 Å². The van der Waals surface area contributed by atoms with Gasteiger partial charge in [0.05, 0.1) is 0 Å². The lowest BCUT2D eigenvalue weighted by molar-refractivity contribution is 0.265. The molecule has 0 fully saturated rings. The molecule has 0 spiro atoms. The molecule has 0 radical (unpaired) electrons. The molecule has 0 saturated carbocycles. The van der Waals surface area contributed by atoms with Gasteiger partial charge in [0.25, 0.3) is 0 Å². The molecule has 0 amide bonds. The number of benzene rings is 1. The molecule has 0 saturated heterocycles. The minimum Gasteiger partial charge on any atom is -0.356 e. The number of hydrogen-bond donors (Lipinski definition) is 2. The van der Waals surface area contributed by atoms with E-state index in [1.165, 1.54) is 29.7 Å². The van der Waals surface area contributed by atoms with Crippen LogP contribution in [-0.4, -0.2) is 49.6 Å². The van der Waals surface area contributed by atoms with E-state index in [9.17, 15) is 0 Å². The number of hydrogen-bond acceptors (Lipinski definition) is 3. The molecule has 144 valence electrons. The summed E-state index contributed by atoms with van der Waals surface area (Å²) in [6.07, 6.45) is 4.58. The third kappa shape index (κ3) is 10.3. The number of aliphatic imine (C=N–C) groups is 1. The van der Waals surface area contributed by atoms with Gasteiger partial charge in [-0.3, -0.25) is 9.89 Å². The summed E-state index contributed by atoms with van der Waals surface area (Å²) in [6.45, 7) is 7.19. The van der Waals surface area contributed by atoms with E-state index < -0.39 is 0 Å². The van der Waals surface area contributed by atoms with Crippen LogP contribution in [0, 0.1) is 0 Å². The van der Waals surface area contributed by atoms with E-state index in [1.807, 2.05) is 18.8 Å². The van der Waals surface area contributed by atoms with Crippen molar-refractivity contribution in [1.82, 2.24) is 15.5 Å². The summed E-state index contributed by atoms with van der Waals surface area (Å²) in [5.41, 5.74) is 2.70. The number of rotatable bonds is 10. The lowest BCUT2D eigenvalue weighted by atomic mass is 10.1. The van der Waals surface area contributed by atoms with Crippen molar-refractivity contribution in [2.45, 2.75) is 45.8 Å².